The molecule has 0 aliphatic carbocycles. The minimum Gasteiger partial charge on any atom is -0.480 e. The summed E-state index contributed by atoms with van der Waals surface area (Å²) in [7, 11) is 0. The second-order valence-electron chi connectivity index (χ2n) is 5.89. The van der Waals surface area contributed by atoms with Crippen LogP contribution in [-0.4, -0.2) is 12.0 Å². The van der Waals surface area contributed by atoms with Gasteiger partial charge in [-0.15, -0.1) is 0 Å². The van der Waals surface area contributed by atoms with Crippen LogP contribution in [0.5, 0.6) is 5.75 Å². The van der Waals surface area contributed by atoms with E-state index in [0.29, 0.717) is 12.2 Å². The lowest BCUT2D eigenvalue weighted by atomic mass is 10.1. The first-order valence-corrected chi connectivity index (χ1v) is 8.41. The van der Waals surface area contributed by atoms with Crippen molar-refractivity contribution >= 4 is 23.2 Å². The molecule has 26 heavy (non-hydrogen) atoms. The van der Waals surface area contributed by atoms with Gasteiger partial charge in [0.05, 0.1) is 16.3 Å². The van der Waals surface area contributed by atoms with Gasteiger partial charge < -0.3 is 10.1 Å². The molecule has 140 valence electrons. The number of alkyl halides is 3. The van der Waals surface area contributed by atoms with Crippen LogP contribution in [0, 0.1) is 13.8 Å². The van der Waals surface area contributed by atoms with E-state index >= 15 is 0 Å². The predicted molar refractivity (Wildman–Crippen MR) is 95.7 cm³/mol. The number of benzene rings is 2. The highest BCUT2D eigenvalue weighted by Crippen LogP contribution is 2.34. The fraction of sp³-hybridized carbons (Fsp3) is 0.316. The van der Waals surface area contributed by atoms with Gasteiger partial charge in [-0.25, -0.2) is 0 Å². The van der Waals surface area contributed by atoms with Gasteiger partial charge in [-0.2, -0.15) is 13.2 Å². The van der Waals surface area contributed by atoms with E-state index < -0.39 is 23.8 Å². The van der Waals surface area contributed by atoms with E-state index in [-0.39, 0.29) is 10.7 Å². The molecule has 0 fully saturated rings. The zero-order valence-electron chi connectivity index (χ0n) is 14.6. The molecule has 0 spiro atoms. The predicted octanol–water partition coefficient (Wildman–Crippen LogP) is 5.77. The van der Waals surface area contributed by atoms with Crippen molar-refractivity contribution < 1.29 is 22.7 Å². The van der Waals surface area contributed by atoms with Crippen LogP contribution < -0.4 is 10.1 Å². The molecule has 1 N–H and O–H groups in total. The van der Waals surface area contributed by atoms with Crippen molar-refractivity contribution in [2.24, 2.45) is 0 Å². The van der Waals surface area contributed by atoms with E-state index in [0.717, 1.165) is 29.3 Å². The average Bonchev–Trinajstić information content (AvgIpc) is 2.57. The van der Waals surface area contributed by atoms with Crippen LogP contribution in [0.15, 0.2) is 36.4 Å². The molecule has 2 aromatic rings. The Bertz CT molecular complexity index is 806. The van der Waals surface area contributed by atoms with E-state index in [2.05, 4.69) is 5.32 Å². The van der Waals surface area contributed by atoms with Crippen LogP contribution in [-0.2, 0) is 11.0 Å². The summed E-state index contributed by atoms with van der Waals surface area (Å²) in [5, 5.41) is 2.45. The number of halogens is 4. The standard InChI is InChI=1S/C19H19ClF3NO2/c1-4-16(26-17-7-5-6-11(2)12(17)3)18(25)24-15-10-13(19(21,22)23)8-9-14(15)20/h5-10,16H,4H2,1-3H3,(H,24,25)/t16-/m0/s1. The fourth-order valence-electron chi connectivity index (χ4n) is 2.34. The minimum absolute atomic E-state index is 0.0212. The normalized spacial score (nSPS) is 12.6. The molecule has 0 unspecified atom stereocenters. The third kappa shape index (κ3) is 4.69. The van der Waals surface area contributed by atoms with Gasteiger partial charge in [-0.05, 0) is 55.7 Å². The summed E-state index contributed by atoms with van der Waals surface area (Å²) in [5.74, 6) is -0.00299. The van der Waals surface area contributed by atoms with Crippen LogP contribution in [0.25, 0.3) is 0 Å². The molecule has 3 nitrogen and oxygen atoms in total. The quantitative estimate of drug-likeness (QED) is 0.709. The molecule has 0 aliphatic heterocycles. The second kappa shape index (κ2) is 7.99. The Morgan fingerprint density at radius 3 is 2.54 bits per heavy atom. The molecule has 0 heterocycles. The molecule has 0 aliphatic rings. The molecule has 2 rings (SSSR count). The van der Waals surface area contributed by atoms with E-state index in [9.17, 15) is 18.0 Å². The van der Waals surface area contributed by atoms with Crippen molar-refractivity contribution in [3.8, 4) is 5.75 Å². The van der Waals surface area contributed by atoms with Gasteiger partial charge in [0, 0.05) is 0 Å². The lowest BCUT2D eigenvalue weighted by molar-refractivity contribution is -0.137. The van der Waals surface area contributed by atoms with Crippen molar-refractivity contribution in [1.29, 1.82) is 0 Å². The Morgan fingerprint density at radius 2 is 1.92 bits per heavy atom. The van der Waals surface area contributed by atoms with Crippen molar-refractivity contribution in [3.63, 3.8) is 0 Å². The number of amides is 1. The number of ether oxygens (including phenoxy) is 1. The summed E-state index contributed by atoms with van der Waals surface area (Å²) in [6.45, 7) is 5.55. The highest BCUT2D eigenvalue weighted by molar-refractivity contribution is 6.33. The topological polar surface area (TPSA) is 38.3 Å². The zero-order valence-corrected chi connectivity index (χ0v) is 15.3. The number of carbonyl (C=O) groups is 1. The number of anilines is 1. The molecule has 7 heteroatoms. The number of hydrogen-bond acceptors (Lipinski definition) is 2. The Hall–Kier alpha value is -2.21. The van der Waals surface area contributed by atoms with Gasteiger partial charge in [0.15, 0.2) is 6.10 Å². The fourth-order valence-corrected chi connectivity index (χ4v) is 2.50. The Labute approximate surface area is 155 Å². The van der Waals surface area contributed by atoms with E-state index in [4.69, 9.17) is 16.3 Å². The van der Waals surface area contributed by atoms with Gasteiger partial charge >= 0.3 is 6.18 Å². The number of aryl methyl sites for hydroxylation is 1. The summed E-state index contributed by atoms with van der Waals surface area (Å²) < 4.78 is 44.3. The lowest BCUT2D eigenvalue weighted by Gasteiger charge is -2.20. The molecule has 1 atom stereocenters. The Balaban J connectivity index is 2.21. The maximum atomic E-state index is 12.9. The van der Waals surface area contributed by atoms with E-state index in [1.165, 1.54) is 0 Å². The van der Waals surface area contributed by atoms with Crippen molar-refractivity contribution in [3.05, 3.63) is 58.1 Å². The van der Waals surface area contributed by atoms with Gasteiger partial charge in [-0.1, -0.05) is 30.7 Å². The largest absolute Gasteiger partial charge is 0.480 e. The zero-order chi connectivity index (χ0) is 19.5. The van der Waals surface area contributed by atoms with Crippen molar-refractivity contribution in [1.82, 2.24) is 0 Å². The SMILES string of the molecule is CC[C@H](Oc1cccc(C)c1C)C(=O)Nc1cc(C(F)(F)F)ccc1Cl. The molecular formula is C19H19ClF3NO2. The maximum Gasteiger partial charge on any atom is 0.416 e. The van der Waals surface area contributed by atoms with E-state index in [1.807, 2.05) is 26.0 Å². The first kappa shape index (κ1) is 20.1. The van der Waals surface area contributed by atoms with Gasteiger partial charge in [0.1, 0.15) is 5.75 Å². The van der Waals surface area contributed by atoms with E-state index in [1.54, 1.807) is 13.0 Å². The number of nitrogens with one attached hydrogen (secondary N) is 1. The summed E-state index contributed by atoms with van der Waals surface area (Å²) in [4.78, 5) is 12.5. The van der Waals surface area contributed by atoms with Crippen molar-refractivity contribution in [2.75, 3.05) is 5.32 Å². The molecule has 0 radical (unpaired) electrons. The van der Waals surface area contributed by atoms with Gasteiger partial charge in [-0.3, -0.25) is 4.79 Å². The molecule has 0 saturated carbocycles. The minimum atomic E-state index is -4.52. The summed E-state index contributed by atoms with van der Waals surface area (Å²) >= 11 is 5.92. The lowest BCUT2D eigenvalue weighted by Crippen LogP contribution is -2.32. The van der Waals surface area contributed by atoms with Crippen LogP contribution >= 0.6 is 11.6 Å². The molecular weight excluding hydrogens is 367 g/mol. The summed E-state index contributed by atoms with van der Waals surface area (Å²) in [6.07, 6.45) is -5.04. The Kier molecular flexibility index (Phi) is 6.18. The monoisotopic (exact) mass is 385 g/mol. The highest BCUT2D eigenvalue weighted by Gasteiger charge is 2.31. The first-order valence-electron chi connectivity index (χ1n) is 8.04. The summed E-state index contributed by atoms with van der Waals surface area (Å²) in [6, 6.07) is 8.26. The highest BCUT2D eigenvalue weighted by atomic mass is 35.5. The number of carbonyl (C=O) groups excluding carboxylic acids is 1. The van der Waals surface area contributed by atoms with Crippen LogP contribution in [0.3, 0.4) is 0 Å². The summed E-state index contributed by atoms with van der Waals surface area (Å²) in [5.41, 5.74) is 0.921. The number of hydrogen-bond donors (Lipinski definition) is 1. The van der Waals surface area contributed by atoms with Crippen LogP contribution in [0.2, 0.25) is 5.02 Å². The molecule has 0 bridgehead atoms. The third-order valence-corrected chi connectivity index (χ3v) is 4.37. The molecule has 0 saturated heterocycles. The van der Waals surface area contributed by atoms with Gasteiger partial charge in [0.2, 0.25) is 0 Å². The Morgan fingerprint density at radius 1 is 1.23 bits per heavy atom. The molecule has 2 aromatic carbocycles. The van der Waals surface area contributed by atoms with Crippen molar-refractivity contribution in [2.45, 2.75) is 39.5 Å². The smallest absolute Gasteiger partial charge is 0.416 e. The maximum absolute atomic E-state index is 12.9. The molecule has 1 amide bonds. The van der Waals surface area contributed by atoms with Crippen LogP contribution in [0.4, 0.5) is 18.9 Å². The second-order valence-corrected chi connectivity index (χ2v) is 6.30. The third-order valence-electron chi connectivity index (χ3n) is 4.04. The van der Waals surface area contributed by atoms with Gasteiger partial charge in [0.25, 0.3) is 5.91 Å². The average molecular weight is 386 g/mol. The first-order chi connectivity index (χ1) is 12.1. The number of rotatable bonds is 5. The molecule has 0 aromatic heterocycles. The van der Waals surface area contributed by atoms with Crippen LogP contribution in [0.1, 0.15) is 30.0 Å².